The molecule has 1 aromatic heterocycles. The molecule has 0 bridgehead atoms. The van der Waals surface area contributed by atoms with Crippen LogP contribution in [-0.4, -0.2) is 38.5 Å². The number of halogens is 1. The molecule has 1 aromatic carbocycles. The lowest BCUT2D eigenvalue weighted by atomic mass is 10.2. The van der Waals surface area contributed by atoms with Gasteiger partial charge in [-0.15, -0.1) is 0 Å². The van der Waals surface area contributed by atoms with Crippen LogP contribution in [0.4, 0.5) is 11.6 Å². The van der Waals surface area contributed by atoms with Crippen molar-refractivity contribution in [3.63, 3.8) is 0 Å². The molecule has 0 aliphatic rings. The van der Waals surface area contributed by atoms with Crippen LogP contribution in [0, 0.1) is 0 Å². The normalized spacial score (nSPS) is 11.6. The first-order chi connectivity index (χ1) is 9.71. The smallest absolute Gasteiger partial charge is 0.182 e. The molecule has 21 heavy (non-hydrogen) atoms. The van der Waals surface area contributed by atoms with Gasteiger partial charge in [-0.3, -0.25) is 0 Å². The van der Waals surface area contributed by atoms with Crippen LogP contribution in [-0.2, 0) is 16.4 Å². The summed E-state index contributed by atoms with van der Waals surface area (Å²) in [5.41, 5.74) is 6.80. The fourth-order valence-corrected chi connectivity index (χ4v) is 3.24. The second-order valence-corrected chi connectivity index (χ2v) is 7.31. The first-order valence-corrected chi connectivity index (χ1v) is 8.46. The third-order valence-electron chi connectivity index (χ3n) is 3.00. The Morgan fingerprint density at radius 2 is 1.95 bits per heavy atom. The zero-order valence-electron chi connectivity index (χ0n) is 12.0. The van der Waals surface area contributed by atoms with Crippen molar-refractivity contribution in [3.05, 3.63) is 34.9 Å². The molecule has 8 heteroatoms. The van der Waals surface area contributed by atoms with Gasteiger partial charge in [0, 0.05) is 25.4 Å². The number of benzene rings is 1. The first kappa shape index (κ1) is 15.7. The maximum Gasteiger partial charge on any atom is 0.182 e. The molecule has 0 amide bonds. The van der Waals surface area contributed by atoms with Gasteiger partial charge < -0.3 is 10.6 Å². The molecule has 0 spiro atoms. The summed E-state index contributed by atoms with van der Waals surface area (Å²) in [7, 11) is -0.0366. The van der Waals surface area contributed by atoms with E-state index in [1.165, 1.54) is 4.68 Å². The Morgan fingerprint density at radius 3 is 2.43 bits per heavy atom. The van der Waals surface area contributed by atoms with Gasteiger partial charge in [-0.25, -0.2) is 13.1 Å². The number of hydrogen-bond acceptors (Lipinski definition) is 5. The van der Waals surface area contributed by atoms with E-state index in [0.717, 1.165) is 11.8 Å². The van der Waals surface area contributed by atoms with Crippen molar-refractivity contribution in [1.82, 2.24) is 9.78 Å². The van der Waals surface area contributed by atoms with Crippen molar-refractivity contribution in [2.45, 2.75) is 11.4 Å². The summed E-state index contributed by atoms with van der Waals surface area (Å²) >= 11 is 6.11. The highest BCUT2D eigenvalue weighted by Gasteiger charge is 2.25. The summed E-state index contributed by atoms with van der Waals surface area (Å²) in [6.07, 6.45) is 1.12. The Balaban J connectivity index is 2.54. The zero-order valence-corrected chi connectivity index (χ0v) is 13.6. The van der Waals surface area contributed by atoms with E-state index in [9.17, 15) is 8.42 Å². The molecule has 0 radical (unpaired) electrons. The summed E-state index contributed by atoms with van der Waals surface area (Å²) in [5.74, 6) is 0.433. The molecule has 0 atom stereocenters. The molecule has 6 nitrogen and oxygen atoms in total. The van der Waals surface area contributed by atoms with Crippen LogP contribution in [0.2, 0.25) is 5.02 Å². The number of nitrogens with two attached hydrogens (primary N) is 1. The van der Waals surface area contributed by atoms with E-state index in [-0.39, 0.29) is 10.7 Å². The van der Waals surface area contributed by atoms with E-state index >= 15 is 0 Å². The lowest BCUT2D eigenvalue weighted by molar-refractivity contribution is 0.602. The lowest BCUT2D eigenvalue weighted by Crippen LogP contribution is -2.13. The van der Waals surface area contributed by atoms with Crippen LogP contribution in [0.5, 0.6) is 0 Å². The number of nitrogens with zero attached hydrogens (tertiary/aromatic N) is 3. The van der Waals surface area contributed by atoms with Gasteiger partial charge in [0.25, 0.3) is 0 Å². The third-order valence-corrected chi connectivity index (χ3v) is 4.50. The van der Waals surface area contributed by atoms with Crippen LogP contribution in [0.15, 0.2) is 29.2 Å². The summed E-state index contributed by atoms with van der Waals surface area (Å²) in [6, 6.07) is 7.29. The molecule has 114 valence electrons. The monoisotopic (exact) mass is 328 g/mol. The molecule has 1 heterocycles. The Morgan fingerprint density at radius 1 is 1.33 bits per heavy atom. The molecule has 0 aliphatic heterocycles. The molecule has 0 aliphatic carbocycles. The number of sulfone groups is 1. The highest BCUT2D eigenvalue weighted by molar-refractivity contribution is 7.91. The van der Waals surface area contributed by atoms with Gasteiger partial charge in [-0.05, 0) is 11.6 Å². The zero-order chi connectivity index (χ0) is 15.8. The van der Waals surface area contributed by atoms with Crippen LogP contribution in [0.25, 0.3) is 0 Å². The standard InChI is InChI=1S/C13H17ClN4O2S/c1-17(2)13-11(21(3,19)20)12(15)18(16-13)8-9-6-4-5-7-10(9)14/h4-7H,8,15H2,1-3H3. The second-order valence-electron chi connectivity index (χ2n) is 4.95. The van der Waals surface area contributed by atoms with Gasteiger partial charge in [-0.1, -0.05) is 29.8 Å². The summed E-state index contributed by atoms with van der Waals surface area (Å²) in [4.78, 5) is 1.66. The lowest BCUT2D eigenvalue weighted by Gasteiger charge is -2.09. The fraction of sp³-hybridized carbons (Fsp3) is 0.308. The number of aromatic nitrogens is 2. The maximum atomic E-state index is 11.9. The largest absolute Gasteiger partial charge is 0.383 e. The van der Waals surface area contributed by atoms with Gasteiger partial charge in [0.2, 0.25) is 0 Å². The van der Waals surface area contributed by atoms with Gasteiger partial charge >= 0.3 is 0 Å². The SMILES string of the molecule is CN(C)c1nn(Cc2ccccc2Cl)c(N)c1S(C)(=O)=O. The van der Waals surface area contributed by atoms with Crippen molar-refractivity contribution in [1.29, 1.82) is 0 Å². The van der Waals surface area contributed by atoms with Gasteiger partial charge in [-0.2, -0.15) is 5.10 Å². The van der Waals surface area contributed by atoms with Crippen molar-refractivity contribution >= 4 is 33.1 Å². The van der Waals surface area contributed by atoms with Crippen LogP contribution in [0.1, 0.15) is 5.56 Å². The van der Waals surface area contributed by atoms with Crippen LogP contribution < -0.4 is 10.6 Å². The minimum Gasteiger partial charge on any atom is -0.383 e. The molecule has 2 rings (SSSR count). The Kier molecular flexibility index (Phi) is 4.15. The molecular formula is C13H17ClN4O2S. The minimum absolute atomic E-state index is 0.0413. The average molecular weight is 329 g/mol. The predicted octanol–water partition coefficient (Wildman–Crippen LogP) is 1.64. The highest BCUT2D eigenvalue weighted by Crippen LogP contribution is 2.30. The van der Waals surface area contributed by atoms with Gasteiger partial charge in [0.1, 0.15) is 5.82 Å². The highest BCUT2D eigenvalue weighted by atomic mass is 35.5. The van der Waals surface area contributed by atoms with E-state index in [1.807, 2.05) is 18.2 Å². The molecule has 0 unspecified atom stereocenters. The number of hydrogen-bond donors (Lipinski definition) is 1. The fourth-order valence-electron chi connectivity index (χ4n) is 2.00. The second kappa shape index (κ2) is 5.57. The van der Waals surface area contributed by atoms with Gasteiger partial charge in [0.05, 0.1) is 6.54 Å². The molecule has 0 saturated heterocycles. The van der Waals surface area contributed by atoms with E-state index < -0.39 is 9.84 Å². The number of anilines is 2. The van der Waals surface area contributed by atoms with Crippen molar-refractivity contribution < 1.29 is 8.42 Å². The quantitative estimate of drug-likeness (QED) is 0.922. The van der Waals surface area contributed by atoms with Crippen molar-refractivity contribution in [3.8, 4) is 0 Å². The van der Waals surface area contributed by atoms with Gasteiger partial charge in [0.15, 0.2) is 20.6 Å². The van der Waals surface area contributed by atoms with E-state index in [0.29, 0.717) is 17.4 Å². The predicted molar refractivity (Wildman–Crippen MR) is 84.6 cm³/mol. The third kappa shape index (κ3) is 3.14. The van der Waals surface area contributed by atoms with E-state index in [1.54, 1.807) is 25.1 Å². The summed E-state index contributed by atoms with van der Waals surface area (Å²) < 4.78 is 25.3. The number of nitrogen functional groups attached to an aromatic ring is 1. The van der Waals surface area contributed by atoms with Crippen LogP contribution >= 0.6 is 11.6 Å². The Bertz CT molecular complexity index is 768. The topological polar surface area (TPSA) is 81.2 Å². The van der Waals surface area contributed by atoms with Crippen molar-refractivity contribution in [2.75, 3.05) is 31.0 Å². The summed E-state index contributed by atoms with van der Waals surface area (Å²) in [6.45, 7) is 0.307. The molecule has 2 aromatic rings. The van der Waals surface area contributed by atoms with E-state index in [4.69, 9.17) is 17.3 Å². The molecule has 0 fully saturated rings. The molecular weight excluding hydrogens is 312 g/mol. The van der Waals surface area contributed by atoms with Crippen molar-refractivity contribution in [2.24, 2.45) is 0 Å². The summed E-state index contributed by atoms with van der Waals surface area (Å²) in [5, 5.41) is 4.87. The Hall–Kier alpha value is -1.73. The Labute approximate surface area is 129 Å². The minimum atomic E-state index is -3.47. The molecule has 0 saturated carbocycles. The van der Waals surface area contributed by atoms with E-state index in [2.05, 4.69) is 5.10 Å². The average Bonchev–Trinajstić information content (AvgIpc) is 2.70. The maximum absolute atomic E-state index is 11.9. The van der Waals surface area contributed by atoms with Crippen LogP contribution in [0.3, 0.4) is 0 Å². The molecule has 2 N–H and O–H groups in total. The first-order valence-electron chi connectivity index (χ1n) is 6.19. The number of rotatable bonds is 4.